The molecule has 0 aromatic heterocycles. The molecule has 68 valence electrons. The van der Waals surface area contributed by atoms with Crippen LogP contribution < -0.4 is 0 Å². The van der Waals surface area contributed by atoms with E-state index < -0.39 is 0 Å². The lowest BCUT2D eigenvalue weighted by molar-refractivity contribution is 1.45. The monoisotopic (exact) mass is 204 g/mol. The summed E-state index contributed by atoms with van der Waals surface area (Å²) in [6.07, 6.45) is 19.0. The third-order valence-corrected chi connectivity index (χ3v) is 1.31. The van der Waals surface area contributed by atoms with Crippen LogP contribution in [-0.4, -0.2) is 0 Å². The molecule has 2 aliphatic carbocycles. The van der Waals surface area contributed by atoms with Gasteiger partial charge in [0.1, 0.15) is 0 Å². The fraction of sp³-hybridized carbons (Fsp3) is 0.200. The lowest BCUT2D eigenvalue weighted by atomic mass is 10.5. The molecule has 0 nitrogen and oxygen atoms in total. The second-order valence-electron chi connectivity index (χ2n) is 2.18. The molecule has 0 heterocycles. The number of halogens is 2. The molecule has 0 radical (unpaired) electrons. The minimum Gasteiger partial charge on any atom is -0.147 e. The fourth-order valence-electron chi connectivity index (χ4n) is 0.786. The zero-order chi connectivity index (χ0) is 7.07. The van der Waals surface area contributed by atoms with E-state index in [1.165, 1.54) is 0 Å². The van der Waals surface area contributed by atoms with E-state index in [1.54, 1.807) is 0 Å². The number of allylic oxidation sites excluding steroid dienone is 8. The molecule has 2 aliphatic rings. The van der Waals surface area contributed by atoms with Crippen LogP contribution in [0, 0.1) is 0 Å². The highest BCUT2D eigenvalue weighted by atomic mass is 35.5. The Labute approximate surface area is 86.6 Å². The molecule has 0 fully saturated rings. The third-order valence-electron chi connectivity index (χ3n) is 1.31. The summed E-state index contributed by atoms with van der Waals surface area (Å²) in [4.78, 5) is 0. The van der Waals surface area contributed by atoms with E-state index >= 15 is 0 Å². The summed E-state index contributed by atoms with van der Waals surface area (Å²) in [5.41, 5.74) is 0. The summed E-state index contributed by atoms with van der Waals surface area (Å²) in [5, 5.41) is 0. The van der Waals surface area contributed by atoms with Gasteiger partial charge in [0.2, 0.25) is 0 Å². The fourth-order valence-corrected chi connectivity index (χ4v) is 0.786. The Bertz CT molecular complexity index is 146. The van der Waals surface area contributed by atoms with Gasteiger partial charge in [0, 0.05) is 0 Å². The van der Waals surface area contributed by atoms with Crippen LogP contribution in [0.3, 0.4) is 0 Å². The van der Waals surface area contributed by atoms with Crippen molar-refractivity contribution in [2.24, 2.45) is 0 Å². The van der Waals surface area contributed by atoms with Gasteiger partial charge in [-0.05, 0) is 12.8 Å². The van der Waals surface area contributed by atoms with Gasteiger partial charge in [-0.25, -0.2) is 0 Å². The van der Waals surface area contributed by atoms with Crippen molar-refractivity contribution < 1.29 is 0 Å². The second kappa shape index (κ2) is 10.5. The average Bonchev–Trinajstić information content (AvgIpc) is 2.67. The standard InChI is InChI=1S/2C5H6.2ClH/c2*1-2-4-5-3-1;;/h2*1-4H,5H2;2*1H. The van der Waals surface area contributed by atoms with Crippen molar-refractivity contribution in [1.29, 1.82) is 0 Å². The highest BCUT2D eigenvalue weighted by molar-refractivity contribution is 5.85. The zero-order valence-corrected chi connectivity index (χ0v) is 8.48. The van der Waals surface area contributed by atoms with Crippen molar-refractivity contribution in [3.05, 3.63) is 48.6 Å². The van der Waals surface area contributed by atoms with Gasteiger partial charge in [-0.2, -0.15) is 0 Å². The van der Waals surface area contributed by atoms with Gasteiger partial charge < -0.3 is 0 Å². The summed E-state index contributed by atoms with van der Waals surface area (Å²) in [6, 6.07) is 0. The number of rotatable bonds is 0. The largest absolute Gasteiger partial charge is 0.147 e. The Balaban J connectivity index is 0. The SMILES string of the molecule is C1=CCC=C1.C1=CCC=C1.Cl.Cl. The van der Waals surface area contributed by atoms with E-state index in [0.717, 1.165) is 12.8 Å². The normalized spacial score (nSPS) is 14.7. The molecule has 0 saturated heterocycles. The molecule has 12 heavy (non-hydrogen) atoms. The molecule has 0 N–H and O–H groups in total. The minimum atomic E-state index is 0. The molecular weight excluding hydrogens is 191 g/mol. The van der Waals surface area contributed by atoms with Gasteiger partial charge in [-0.3, -0.25) is 0 Å². The maximum atomic E-state index is 2.12. The molecule has 0 aromatic carbocycles. The molecule has 0 saturated carbocycles. The van der Waals surface area contributed by atoms with Gasteiger partial charge in [-0.1, -0.05) is 48.6 Å². The summed E-state index contributed by atoms with van der Waals surface area (Å²) in [5.74, 6) is 0. The smallest absolute Gasteiger partial charge is 0.0163 e. The molecule has 0 aromatic rings. The lowest BCUT2D eigenvalue weighted by Gasteiger charge is -1.57. The Morgan fingerprint density at radius 3 is 0.833 bits per heavy atom. The first-order valence-corrected chi connectivity index (χ1v) is 3.63. The molecule has 0 bridgehead atoms. The molecule has 0 amide bonds. The van der Waals surface area contributed by atoms with E-state index in [4.69, 9.17) is 0 Å². The Hall–Kier alpha value is -0.460. The van der Waals surface area contributed by atoms with Crippen LogP contribution in [-0.2, 0) is 0 Å². The zero-order valence-electron chi connectivity index (χ0n) is 6.85. The van der Waals surface area contributed by atoms with E-state index in [-0.39, 0.29) is 24.8 Å². The van der Waals surface area contributed by atoms with Gasteiger partial charge in [0.15, 0.2) is 0 Å². The average molecular weight is 205 g/mol. The van der Waals surface area contributed by atoms with Crippen LogP contribution in [0.25, 0.3) is 0 Å². The summed E-state index contributed by atoms with van der Waals surface area (Å²) in [6.45, 7) is 0. The first-order valence-electron chi connectivity index (χ1n) is 3.63. The molecule has 0 atom stereocenters. The maximum Gasteiger partial charge on any atom is -0.0163 e. The van der Waals surface area contributed by atoms with Crippen LogP contribution in [0.4, 0.5) is 0 Å². The Morgan fingerprint density at radius 2 is 0.750 bits per heavy atom. The maximum absolute atomic E-state index is 2.12. The molecule has 0 unspecified atom stereocenters. The lowest BCUT2D eigenvalue weighted by Crippen LogP contribution is -1.37. The predicted octanol–water partition coefficient (Wildman–Crippen LogP) is 3.85. The van der Waals surface area contributed by atoms with Crippen molar-refractivity contribution in [3.8, 4) is 0 Å². The minimum absolute atomic E-state index is 0. The topological polar surface area (TPSA) is 0 Å². The predicted molar refractivity (Wildman–Crippen MR) is 60.3 cm³/mol. The van der Waals surface area contributed by atoms with Gasteiger partial charge in [-0.15, -0.1) is 24.8 Å². The number of hydrogen-bond acceptors (Lipinski definition) is 0. The van der Waals surface area contributed by atoms with Gasteiger partial charge >= 0.3 is 0 Å². The van der Waals surface area contributed by atoms with E-state index in [2.05, 4.69) is 48.6 Å². The third kappa shape index (κ3) is 7.64. The Kier molecular flexibility index (Phi) is 12.4. The molecule has 2 rings (SSSR count). The van der Waals surface area contributed by atoms with Crippen LogP contribution in [0.15, 0.2) is 48.6 Å². The number of hydrogen-bond donors (Lipinski definition) is 0. The molecule has 0 aliphatic heterocycles. The van der Waals surface area contributed by atoms with Crippen molar-refractivity contribution >= 4 is 24.8 Å². The first kappa shape index (κ1) is 14.1. The van der Waals surface area contributed by atoms with Crippen molar-refractivity contribution in [2.45, 2.75) is 12.8 Å². The molecular formula is C10H14Cl2. The van der Waals surface area contributed by atoms with Crippen LogP contribution in [0.1, 0.15) is 12.8 Å². The quantitative estimate of drug-likeness (QED) is 0.563. The van der Waals surface area contributed by atoms with E-state index in [0.29, 0.717) is 0 Å². The molecule has 0 spiro atoms. The first-order chi connectivity index (χ1) is 5.00. The van der Waals surface area contributed by atoms with Crippen molar-refractivity contribution in [1.82, 2.24) is 0 Å². The van der Waals surface area contributed by atoms with E-state index in [1.807, 2.05) is 0 Å². The summed E-state index contributed by atoms with van der Waals surface area (Å²) in [7, 11) is 0. The van der Waals surface area contributed by atoms with Crippen LogP contribution >= 0.6 is 24.8 Å². The highest BCUT2D eigenvalue weighted by Crippen LogP contribution is 1.93. The second-order valence-corrected chi connectivity index (χ2v) is 2.18. The highest BCUT2D eigenvalue weighted by Gasteiger charge is 1.72. The van der Waals surface area contributed by atoms with Crippen molar-refractivity contribution in [3.63, 3.8) is 0 Å². The summed E-state index contributed by atoms with van der Waals surface area (Å²) >= 11 is 0. The van der Waals surface area contributed by atoms with Gasteiger partial charge in [0.05, 0.1) is 0 Å². The Morgan fingerprint density at radius 1 is 0.500 bits per heavy atom. The van der Waals surface area contributed by atoms with E-state index in [9.17, 15) is 0 Å². The van der Waals surface area contributed by atoms with Crippen LogP contribution in [0.5, 0.6) is 0 Å². The summed E-state index contributed by atoms with van der Waals surface area (Å²) < 4.78 is 0. The molecule has 2 heteroatoms. The van der Waals surface area contributed by atoms with Crippen LogP contribution in [0.2, 0.25) is 0 Å². The van der Waals surface area contributed by atoms with Crippen molar-refractivity contribution in [2.75, 3.05) is 0 Å². The van der Waals surface area contributed by atoms with Gasteiger partial charge in [0.25, 0.3) is 0 Å².